The van der Waals surface area contributed by atoms with Gasteiger partial charge in [0.25, 0.3) is 0 Å². The van der Waals surface area contributed by atoms with Crippen molar-refractivity contribution < 1.29 is 9.53 Å². The first kappa shape index (κ1) is 18.9. The Morgan fingerprint density at radius 3 is 2.85 bits per heavy atom. The highest BCUT2D eigenvalue weighted by Gasteiger charge is 2.30. The van der Waals surface area contributed by atoms with Gasteiger partial charge in [0.2, 0.25) is 0 Å². The number of fused-ring (bicyclic) bond motifs is 1. The Morgan fingerprint density at radius 2 is 2.12 bits per heavy atom. The van der Waals surface area contributed by atoms with Crippen LogP contribution < -0.4 is 10.6 Å². The molecule has 2 N–H and O–H groups in total. The molecule has 0 radical (unpaired) electrons. The number of hydrogen-bond donors (Lipinski definition) is 2. The molecular weight excluding hydrogens is 364 g/mol. The predicted octanol–water partition coefficient (Wildman–Crippen LogP) is 4.85. The molecule has 3 rings (SSSR count). The molecule has 0 amide bonds. The molecule has 4 nitrogen and oxygen atoms in total. The summed E-state index contributed by atoms with van der Waals surface area (Å²) in [6, 6.07) is 10.1. The van der Waals surface area contributed by atoms with Crippen LogP contribution in [0.1, 0.15) is 59.0 Å². The van der Waals surface area contributed by atoms with E-state index in [1.165, 1.54) is 4.88 Å². The molecule has 0 bridgehead atoms. The van der Waals surface area contributed by atoms with E-state index in [4.69, 9.17) is 17.0 Å². The van der Waals surface area contributed by atoms with Gasteiger partial charge in [-0.25, -0.2) is 4.79 Å². The summed E-state index contributed by atoms with van der Waals surface area (Å²) in [5.74, 6) is 0.114. The van der Waals surface area contributed by atoms with Crippen molar-refractivity contribution in [2.45, 2.75) is 45.6 Å². The van der Waals surface area contributed by atoms with Crippen molar-refractivity contribution in [3.05, 3.63) is 51.9 Å². The number of carbonyl (C=O) groups is 1. The summed E-state index contributed by atoms with van der Waals surface area (Å²) >= 11 is 7.08. The zero-order valence-electron chi connectivity index (χ0n) is 15.1. The molecule has 1 heterocycles. The van der Waals surface area contributed by atoms with Gasteiger partial charge in [0.05, 0.1) is 12.2 Å². The normalized spacial score (nSPS) is 15.8. The number of anilines is 1. The fraction of sp³-hybridized carbons (Fsp3) is 0.400. The minimum Gasteiger partial charge on any atom is -0.462 e. The van der Waals surface area contributed by atoms with Gasteiger partial charge in [0.15, 0.2) is 5.11 Å². The molecule has 2 aromatic rings. The van der Waals surface area contributed by atoms with Crippen molar-refractivity contribution in [1.29, 1.82) is 0 Å². The Morgan fingerprint density at radius 1 is 1.35 bits per heavy atom. The number of carbonyl (C=O) groups excluding carboxylic acids is 1. The van der Waals surface area contributed by atoms with Crippen molar-refractivity contribution >= 4 is 39.6 Å². The van der Waals surface area contributed by atoms with E-state index in [9.17, 15) is 4.79 Å². The van der Waals surface area contributed by atoms with E-state index in [1.54, 1.807) is 11.3 Å². The first-order valence-electron chi connectivity index (χ1n) is 9.01. The van der Waals surface area contributed by atoms with Crippen LogP contribution in [0.4, 0.5) is 5.00 Å². The van der Waals surface area contributed by atoms with E-state index in [2.05, 4.69) is 17.6 Å². The van der Waals surface area contributed by atoms with Crippen LogP contribution in [0.2, 0.25) is 0 Å². The summed E-state index contributed by atoms with van der Waals surface area (Å²) in [5, 5.41) is 7.77. The average molecular weight is 389 g/mol. The molecule has 0 spiro atoms. The topological polar surface area (TPSA) is 50.4 Å². The minimum absolute atomic E-state index is 0.257. The molecule has 0 aliphatic heterocycles. The number of ether oxygens (including phenoxy) is 1. The highest BCUT2D eigenvalue weighted by Crippen LogP contribution is 2.43. The maximum Gasteiger partial charge on any atom is 0.341 e. The van der Waals surface area contributed by atoms with Crippen LogP contribution in [0.3, 0.4) is 0 Å². The predicted molar refractivity (Wildman–Crippen MR) is 111 cm³/mol. The highest BCUT2D eigenvalue weighted by atomic mass is 32.1. The quantitative estimate of drug-likeness (QED) is 0.566. The second-order valence-corrected chi connectivity index (χ2v) is 7.96. The zero-order chi connectivity index (χ0) is 18.5. The molecule has 26 heavy (non-hydrogen) atoms. The van der Waals surface area contributed by atoms with E-state index in [1.807, 2.05) is 37.3 Å². The lowest BCUT2D eigenvalue weighted by molar-refractivity contribution is 0.0526. The number of esters is 1. The molecule has 1 aliphatic rings. The third-order valence-electron chi connectivity index (χ3n) is 4.56. The van der Waals surface area contributed by atoms with Crippen LogP contribution in [0.15, 0.2) is 30.3 Å². The standard InChI is InChI=1S/C20H24N2O2S2/c1-3-24-19(23)17-16-13(2)8-7-11-15(16)26-18(17)22-20(25)21-12-14-9-5-4-6-10-14/h4-6,9-10,13H,3,7-8,11-12H2,1-2H3,(H2,21,22,25). The Balaban J connectivity index is 1.78. The van der Waals surface area contributed by atoms with Gasteiger partial charge in [-0.15, -0.1) is 11.3 Å². The third-order valence-corrected chi connectivity index (χ3v) is 5.99. The van der Waals surface area contributed by atoms with Crippen LogP contribution in [-0.2, 0) is 17.7 Å². The molecule has 1 atom stereocenters. The van der Waals surface area contributed by atoms with Crippen LogP contribution >= 0.6 is 23.6 Å². The van der Waals surface area contributed by atoms with E-state index in [-0.39, 0.29) is 5.97 Å². The molecule has 0 fully saturated rings. The van der Waals surface area contributed by atoms with E-state index < -0.39 is 0 Å². The number of rotatable bonds is 5. The van der Waals surface area contributed by atoms with Gasteiger partial charge in [-0.2, -0.15) is 0 Å². The molecule has 6 heteroatoms. The third kappa shape index (κ3) is 4.24. The Bertz CT molecular complexity index is 787. The fourth-order valence-corrected chi connectivity index (χ4v) is 4.92. The van der Waals surface area contributed by atoms with Gasteiger partial charge in [0.1, 0.15) is 5.00 Å². The Hall–Kier alpha value is -1.92. The van der Waals surface area contributed by atoms with Crippen LogP contribution in [0, 0.1) is 0 Å². The molecule has 1 aliphatic carbocycles. The molecule has 0 saturated heterocycles. The number of thiocarbonyl (C=S) groups is 1. The van der Waals surface area contributed by atoms with Gasteiger partial charge in [-0.3, -0.25) is 0 Å². The minimum atomic E-state index is -0.257. The summed E-state index contributed by atoms with van der Waals surface area (Å²) in [6.45, 7) is 5.03. The van der Waals surface area contributed by atoms with Gasteiger partial charge in [0, 0.05) is 11.4 Å². The number of aryl methyl sites for hydroxylation is 1. The first-order chi connectivity index (χ1) is 12.6. The Kier molecular flexibility index (Phi) is 6.27. The second-order valence-electron chi connectivity index (χ2n) is 6.45. The highest BCUT2D eigenvalue weighted by molar-refractivity contribution is 7.80. The largest absolute Gasteiger partial charge is 0.462 e. The monoisotopic (exact) mass is 388 g/mol. The van der Waals surface area contributed by atoms with E-state index in [0.717, 1.165) is 35.4 Å². The van der Waals surface area contributed by atoms with Crippen LogP contribution in [-0.4, -0.2) is 17.7 Å². The SMILES string of the molecule is CCOC(=O)c1c(NC(=S)NCc2ccccc2)sc2c1C(C)CCC2. The fourth-order valence-electron chi connectivity index (χ4n) is 3.33. The van der Waals surface area contributed by atoms with Crippen LogP contribution in [0.25, 0.3) is 0 Å². The van der Waals surface area contributed by atoms with Crippen molar-refractivity contribution in [1.82, 2.24) is 5.32 Å². The van der Waals surface area contributed by atoms with Gasteiger partial charge in [-0.1, -0.05) is 37.3 Å². The van der Waals surface area contributed by atoms with Gasteiger partial charge in [-0.05, 0) is 55.4 Å². The van der Waals surface area contributed by atoms with Gasteiger partial charge < -0.3 is 15.4 Å². The van der Waals surface area contributed by atoms with Crippen molar-refractivity contribution in [2.75, 3.05) is 11.9 Å². The summed E-state index contributed by atoms with van der Waals surface area (Å²) in [7, 11) is 0. The smallest absolute Gasteiger partial charge is 0.341 e. The Labute approximate surface area is 164 Å². The molecule has 138 valence electrons. The second kappa shape index (κ2) is 8.64. The number of benzene rings is 1. The van der Waals surface area contributed by atoms with E-state index in [0.29, 0.717) is 29.7 Å². The summed E-state index contributed by atoms with van der Waals surface area (Å²) in [4.78, 5) is 13.9. The van der Waals surface area contributed by atoms with E-state index >= 15 is 0 Å². The summed E-state index contributed by atoms with van der Waals surface area (Å²) < 4.78 is 5.32. The van der Waals surface area contributed by atoms with Crippen molar-refractivity contribution in [2.24, 2.45) is 0 Å². The first-order valence-corrected chi connectivity index (χ1v) is 10.2. The average Bonchev–Trinajstić information content (AvgIpc) is 3.00. The lowest BCUT2D eigenvalue weighted by atomic mass is 9.86. The lowest BCUT2D eigenvalue weighted by Gasteiger charge is -2.19. The lowest BCUT2D eigenvalue weighted by Crippen LogP contribution is -2.28. The maximum atomic E-state index is 12.6. The summed E-state index contributed by atoms with van der Waals surface area (Å²) in [5.41, 5.74) is 2.97. The molecule has 1 aromatic carbocycles. The van der Waals surface area contributed by atoms with Gasteiger partial charge >= 0.3 is 5.97 Å². The number of hydrogen-bond acceptors (Lipinski definition) is 4. The molecule has 1 unspecified atom stereocenters. The van der Waals surface area contributed by atoms with Crippen molar-refractivity contribution in [3.8, 4) is 0 Å². The molecule has 1 aromatic heterocycles. The van der Waals surface area contributed by atoms with Crippen molar-refractivity contribution in [3.63, 3.8) is 0 Å². The summed E-state index contributed by atoms with van der Waals surface area (Å²) in [6.07, 6.45) is 3.28. The molecular formula is C20H24N2O2S2. The maximum absolute atomic E-state index is 12.6. The molecule has 0 saturated carbocycles. The number of nitrogens with one attached hydrogen (secondary N) is 2. The zero-order valence-corrected chi connectivity index (χ0v) is 16.8. The number of thiophene rings is 1. The van der Waals surface area contributed by atoms with Crippen LogP contribution in [0.5, 0.6) is 0 Å².